The molecule has 0 atom stereocenters. The summed E-state index contributed by atoms with van der Waals surface area (Å²) in [5, 5.41) is 3.46. The van der Waals surface area contributed by atoms with Crippen LogP contribution in [0.1, 0.15) is 22.3 Å². The smallest absolute Gasteiger partial charge is 0.123 e. The fourth-order valence-corrected chi connectivity index (χ4v) is 2.79. The lowest BCUT2D eigenvalue weighted by atomic mass is 10.1. The number of aryl methyl sites for hydroxylation is 1. The lowest BCUT2D eigenvalue weighted by molar-refractivity contribution is 0.306. The van der Waals surface area contributed by atoms with Gasteiger partial charge in [0.15, 0.2) is 0 Å². The number of hydrogen-bond acceptors (Lipinski definition) is 3. The number of rotatable bonds is 8. The van der Waals surface area contributed by atoms with E-state index in [0.717, 1.165) is 30.2 Å². The van der Waals surface area contributed by atoms with Gasteiger partial charge in [-0.1, -0.05) is 60.2 Å². The minimum Gasteiger partial charge on any atom is -0.496 e. The maximum Gasteiger partial charge on any atom is 0.123 e. The van der Waals surface area contributed by atoms with Crippen LogP contribution in [0.15, 0.2) is 72.8 Å². The number of hydrogen-bond donors (Lipinski definition) is 1. The number of benzene rings is 3. The van der Waals surface area contributed by atoms with Crippen molar-refractivity contribution in [3.63, 3.8) is 0 Å². The van der Waals surface area contributed by atoms with Crippen molar-refractivity contribution >= 4 is 0 Å². The zero-order valence-electron chi connectivity index (χ0n) is 15.4. The van der Waals surface area contributed by atoms with Crippen LogP contribution in [0.5, 0.6) is 11.5 Å². The monoisotopic (exact) mass is 347 g/mol. The molecule has 3 heteroatoms. The summed E-state index contributed by atoms with van der Waals surface area (Å²) in [6.07, 6.45) is 0. The number of ether oxygens (including phenoxy) is 2. The van der Waals surface area contributed by atoms with Crippen LogP contribution in [0.25, 0.3) is 0 Å². The van der Waals surface area contributed by atoms with Crippen molar-refractivity contribution in [2.45, 2.75) is 26.6 Å². The second-order valence-electron chi connectivity index (χ2n) is 6.34. The Bertz CT molecular complexity index is 828. The molecule has 0 spiro atoms. The Balaban J connectivity index is 1.53. The van der Waals surface area contributed by atoms with Crippen molar-refractivity contribution in [1.29, 1.82) is 0 Å². The lowest BCUT2D eigenvalue weighted by Crippen LogP contribution is -2.13. The largest absolute Gasteiger partial charge is 0.496 e. The van der Waals surface area contributed by atoms with Crippen LogP contribution < -0.4 is 14.8 Å². The van der Waals surface area contributed by atoms with E-state index >= 15 is 0 Å². The van der Waals surface area contributed by atoms with E-state index in [1.807, 2.05) is 30.3 Å². The molecule has 0 radical (unpaired) electrons. The third-order valence-corrected chi connectivity index (χ3v) is 4.26. The molecule has 0 fully saturated rings. The molecule has 0 saturated heterocycles. The van der Waals surface area contributed by atoms with Crippen molar-refractivity contribution in [3.8, 4) is 11.5 Å². The number of methoxy groups -OCH3 is 1. The van der Waals surface area contributed by atoms with Gasteiger partial charge in [0.25, 0.3) is 0 Å². The molecule has 0 bridgehead atoms. The van der Waals surface area contributed by atoms with Gasteiger partial charge < -0.3 is 14.8 Å². The topological polar surface area (TPSA) is 30.5 Å². The maximum absolute atomic E-state index is 5.93. The molecule has 3 nitrogen and oxygen atoms in total. The van der Waals surface area contributed by atoms with E-state index in [0.29, 0.717) is 6.61 Å². The quantitative estimate of drug-likeness (QED) is 0.630. The van der Waals surface area contributed by atoms with E-state index in [2.05, 4.69) is 54.7 Å². The summed E-state index contributed by atoms with van der Waals surface area (Å²) in [6, 6.07) is 24.7. The van der Waals surface area contributed by atoms with Gasteiger partial charge in [-0.25, -0.2) is 0 Å². The minimum atomic E-state index is 0.582. The van der Waals surface area contributed by atoms with E-state index < -0.39 is 0 Å². The Morgan fingerprint density at radius 3 is 2.42 bits per heavy atom. The fraction of sp³-hybridized carbons (Fsp3) is 0.217. The van der Waals surface area contributed by atoms with Crippen LogP contribution >= 0.6 is 0 Å². The molecule has 0 aliphatic carbocycles. The summed E-state index contributed by atoms with van der Waals surface area (Å²) in [7, 11) is 1.70. The number of nitrogens with one attached hydrogen (secondary N) is 1. The minimum absolute atomic E-state index is 0.582. The first-order valence-corrected chi connectivity index (χ1v) is 8.84. The average molecular weight is 347 g/mol. The summed E-state index contributed by atoms with van der Waals surface area (Å²) in [6.45, 7) is 4.21. The Kier molecular flexibility index (Phi) is 6.29. The van der Waals surface area contributed by atoms with Gasteiger partial charge in [0.1, 0.15) is 18.1 Å². The standard InChI is InChI=1S/C23H25NO2/c1-18-10-12-19(13-11-18)17-26-22-8-5-6-20(14-22)15-24-16-21-7-3-4-9-23(21)25-2/h3-14,24H,15-17H2,1-2H3. The highest BCUT2D eigenvalue weighted by atomic mass is 16.5. The van der Waals surface area contributed by atoms with Gasteiger partial charge in [0, 0.05) is 18.7 Å². The van der Waals surface area contributed by atoms with Crippen molar-refractivity contribution in [1.82, 2.24) is 5.32 Å². The molecule has 26 heavy (non-hydrogen) atoms. The Morgan fingerprint density at radius 1 is 0.808 bits per heavy atom. The highest BCUT2D eigenvalue weighted by Crippen LogP contribution is 2.18. The predicted molar refractivity (Wildman–Crippen MR) is 105 cm³/mol. The van der Waals surface area contributed by atoms with E-state index in [4.69, 9.17) is 9.47 Å². The maximum atomic E-state index is 5.93. The second kappa shape index (κ2) is 9.07. The van der Waals surface area contributed by atoms with Gasteiger partial charge in [-0.3, -0.25) is 0 Å². The molecular formula is C23H25NO2. The van der Waals surface area contributed by atoms with E-state index in [9.17, 15) is 0 Å². The molecular weight excluding hydrogens is 322 g/mol. The Labute approximate surface area is 155 Å². The van der Waals surface area contributed by atoms with Crippen LogP contribution in [-0.2, 0) is 19.7 Å². The SMILES string of the molecule is COc1ccccc1CNCc1cccc(OCc2ccc(C)cc2)c1. The first kappa shape index (κ1) is 18.0. The van der Waals surface area contributed by atoms with Crippen LogP contribution in [0.3, 0.4) is 0 Å². The van der Waals surface area contributed by atoms with E-state index in [1.54, 1.807) is 7.11 Å². The molecule has 0 heterocycles. The highest BCUT2D eigenvalue weighted by molar-refractivity contribution is 5.33. The molecule has 3 rings (SSSR count). The molecule has 0 saturated carbocycles. The summed E-state index contributed by atoms with van der Waals surface area (Å²) in [5.74, 6) is 1.80. The molecule has 134 valence electrons. The van der Waals surface area contributed by atoms with Gasteiger partial charge in [0.05, 0.1) is 7.11 Å². The van der Waals surface area contributed by atoms with Gasteiger partial charge in [-0.05, 0) is 36.2 Å². The third-order valence-electron chi connectivity index (χ3n) is 4.26. The van der Waals surface area contributed by atoms with E-state index in [-0.39, 0.29) is 0 Å². The zero-order valence-corrected chi connectivity index (χ0v) is 15.4. The van der Waals surface area contributed by atoms with Crippen molar-refractivity contribution in [3.05, 3.63) is 95.1 Å². The average Bonchev–Trinajstić information content (AvgIpc) is 2.68. The summed E-state index contributed by atoms with van der Waals surface area (Å²) in [4.78, 5) is 0. The van der Waals surface area contributed by atoms with Crippen LogP contribution in [0.4, 0.5) is 0 Å². The lowest BCUT2D eigenvalue weighted by Gasteiger charge is -2.11. The summed E-state index contributed by atoms with van der Waals surface area (Å²) in [5.41, 5.74) is 4.79. The molecule has 0 aromatic heterocycles. The van der Waals surface area contributed by atoms with Crippen LogP contribution in [-0.4, -0.2) is 7.11 Å². The van der Waals surface area contributed by atoms with Crippen molar-refractivity contribution < 1.29 is 9.47 Å². The molecule has 0 unspecified atom stereocenters. The molecule has 0 amide bonds. The third kappa shape index (κ3) is 5.11. The summed E-state index contributed by atoms with van der Waals surface area (Å²) >= 11 is 0. The van der Waals surface area contributed by atoms with Gasteiger partial charge in [0.2, 0.25) is 0 Å². The Morgan fingerprint density at radius 2 is 1.62 bits per heavy atom. The fourth-order valence-electron chi connectivity index (χ4n) is 2.79. The van der Waals surface area contributed by atoms with Gasteiger partial charge in [-0.15, -0.1) is 0 Å². The molecule has 1 N–H and O–H groups in total. The molecule has 0 aliphatic heterocycles. The molecule has 0 aliphatic rings. The van der Waals surface area contributed by atoms with Crippen LogP contribution in [0, 0.1) is 6.92 Å². The second-order valence-corrected chi connectivity index (χ2v) is 6.34. The highest BCUT2D eigenvalue weighted by Gasteiger charge is 2.02. The van der Waals surface area contributed by atoms with Gasteiger partial charge in [-0.2, -0.15) is 0 Å². The van der Waals surface area contributed by atoms with Gasteiger partial charge >= 0.3 is 0 Å². The molecule has 3 aromatic rings. The predicted octanol–water partition coefficient (Wildman–Crippen LogP) is 4.87. The van der Waals surface area contributed by atoms with E-state index in [1.165, 1.54) is 16.7 Å². The molecule has 3 aromatic carbocycles. The Hall–Kier alpha value is -2.78. The first-order valence-electron chi connectivity index (χ1n) is 8.84. The van der Waals surface area contributed by atoms with Crippen molar-refractivity contribution in [2.75, 3.05) is 7.11 Å². The zero-order chi connectivity index (χ0) is 18.2. The summed E-state index contributed by atoms with van der Waals surface area (Å²) < 4.78 is 11.3. The first-order chi connectivity index (χ1) is 12.7. The van der Waals surface area contributed by atoms with Crippen LogP contribution in [0.2, 0.25) is 0 Å². The van der Waals surface area contributed by atoms with Crippen molar-refractivity contribution in [2.24, 2.45) is 0 Å². The number of para-hydroxylation sites is 1. The normalized spacial score (nSPS) is 10.5.